The molecule has 0 saturated heterocycles. The Bertz CT molecular complexity index is 763. The van der Waals surface area contributed by atoms with Gasteiger partial charge < -0.3 is 5.32 Å². The third kappa shape index (κ3) is 5.95. The fraction of sp³-hybridized carbons (Fsp3) is 0.294. The SMILES string of the molecule is FC(F)(F)c1cc(CNc2cc(C(F)(F)F)cc(C(F)(F)F)c2)cc(C(F)(F)F)c1. The lowest BCUT2D eigenvalue weighted by atomic mass is 10.0. The van der Waals surface area contributed by atoms with Crippen molar-refractivity contribution in [3.63, 3.8) is 0 Å². The van der Waals surface area contributed by atoms with E-state index in [9.17, 15) is 52.7 Å². The highest BCUT2D eigenvalue weighted by atomic mass is 19.4. The summed E-state index contributed by atoms with van der Waals surface area (Å²) >= 11 is 0. The first-order chi connectivity index (χ1) is 13.4. The van der Waals surface area contributed by atoms with Crippen LogP contribution in [0.4, 0.5) is 58.4 Å². The topological polar surface area (TPSA) is 12.0 Å². The van der Waals surface area contributed by atoms with Gasteiger partial charge in [-0.25, -0.2) is 0 Å². The Hall–Kier alpha value is -2.60. The van der Waals surface area contributed by atoms with Crippen LogP contribution in [0.25, 0.3) is 0 Å². The minimum Gasteiger partial charge on any atom is -0.381 e. The van der Waals surface area contributed by atoms with Crippen molar-refractivity contribution < 1.29 is 52.7 Å². The van der Waals surface area contributed by atoms with Gasteiger partial charge in [-0.3, -0.25) is 0 Å². The van der Waals surface area contributed by atoms with Gasteiger partial charge in [-0.2, -0.15) is 52.7 Å². The lowest BCUT2D eigenvalue weighted by Crippen LogP contribution is -2.14. The Kier molecular flexibility index (Phi) is 5.98. The zero-order chi connectivity index (χ0) is 23.1. The molecule has 2 rings (SSSR count). The molecule has 0 unspecified atom stereocenters. The fourth-order valence-corrected chi connectivity index (χ4v) is 2.38. The van der Waals surface area contributed by atoms with Gasteiger partial charge in [0.15, 0.2) is 0 Å². The summed E-state index contributed by atoms with van der Waals surface area (Å²) in [5.74, 6) is 0. The summed E-state index contributed by atoms with van der Waals surface area (Å²) in [6.07, 6.45) is -20.7. The van der Waals surface area contributed by atoms with Crippen molar-refractivity contribution in [3.8, 4) is 0 Å². The second-order valence-electron chi connectivity index (χ2n) is 6.06. The van der Waals surface area contributed by atoms with Gasteiger partial charge in [0, 0.05) is 12.2 Å². The third-order valence-corrected chi connectivity index (χ3v) is 3.73. The first-order valence-electron chi connectivity index (χ1n) is 7.69. The fourth-order valence-electron chi connectivity index (χ4n) is 2.38. The number of nitrogens with one attached hydrogen (secondary N) is 1. The molecule has 1 N–H and O–H groups in total. The van der Waals surface area contributed by atoms with Gasteiger partial charge in [0.05, 0.1) is 22.3 Å². The third-order valence-electron chi connectivity index (χ3n) is 3.73. The average molecular weight is 455 g/mol. The maximum absolute atomic E-state index is 12.8. The monoisotopic (exact) mass is 455 g/mol. The minimum absolute atomic E-state index is 0.157. The largest absolute Gasteiger partial charge is 0.416 e. The van der Waals surface area contributed by atoms with Gasteiger partial charge >= 0.3 is 24.7 Å². The molecule has 2 aromatic rings. The number of hydrogen-bond donors (Lipinski definition) is 1. The van der Waals surface area contributed by atoms with Gasteiger partial charge in [-0.15, -0.1) is 0 Å². The molecule has 0 heterocycles. The van der Waals surface area contributed by atoms with E-state index in [1.165, 1.54) is 0 Å². The molecule has 0 fully saturated rings. The number of rotatable bonds is 3. The molecule has 0 aliphatic rings. The van der Waals surface area contributed by atoms with Crippen molar-refractivity contribution >= 4 is 5.69 Å². The maximum Gasteiger partial charge on any atom is 0.416 e. The molecule has 0 bridgehead atoms. The molecule has 0 atom stereocenters. The van der Waals surface area contributed by atoms with Crippen LogP contribution >= 0.6 is 0 Å². The molecule has 0 saturated carbocycles. The first-order valence-corrected chi connectivity index (χ1v) is 7.69. The Balaban J connectivity index is 2.43. The molecule has 166 valence electrons. The first kappa shape index (κ1) is 23.7. The average Bonchev–Trinajstić information content (AvgIpc) is 2.56. The van der Waals surface area contributed by atoms with Crippen molar-refractivity contribution in [2.24, 2.45) is 0 Å². The summed E-state index contributed by atoms with van der Waals surface area (Å²) in [6, 6.07) is 0.800. The van der Waals surface area contributed by atoms with Crippen LogP contribution in [0.3, 0.4) is 0 Å². The quantitative estimate of drug-likeness (QED) is 0.477. The summed E-state index contributed by atoms with van der Waals surface area (Å²) in [4.78, 5) is 0. The van der Waals surface area contributed by atoms with Gasteiger partial charge in [0.2, 0.25) is 0 Å². The summed E-state index contributed by atoms with van der Waals surface area (Å²) < 4.78 is 154. The molecule has 0 aliphatic carbocycles. The van der Waals surface area contributed by atoms with Crippen LogP contribution in [-0.4, -0.2) is 0 Å². The highest BCUT2D eigenvalue weighted by molar-refractivity contribution is 5.51. The van der Waals surface area contributed by atoms with Gasteiger partial charge in [0.1, 0.15) is 0 Å². The highest BCUT2D eigenvalue weighted by Gasteiger charge is 2.38. The molecular formula is C17H9F12N. The van der Waals surface area contributed by atoms with Crippen molar-refractivity contribution in [1.82, 2.24) is 0 Å². The molecule has 0 aromatic heterocycles. The van der Waals surface area contributed by atoms with E-state index in [2.05, 4.69) is 0 Å². The lowest BCUT2D eigenvalue weighted by Gasteiger charge is -2.17. The normalized spacial score (nSPS) is 13.5. The number of halogens is 12. The van der Waals surface area contributed by atoms with Crippen LogP contribution in [0.2, 0.25) is 0 Å². The smallest absolute Gasteiger partial charge is 0.381 e. The molecule has 0 aliphatic heterocycles. The summed E-state index contributed by atoms with van der Waals surface area (Å²) in [6.45, 7) is -0.897. The van der Waals surface area contributed by atoms with Gasteiger partial charge in [-0.1, -0.05) is 0 Å². The number of benzene rings is 2. The Morgan fingerprint density at radius 2 is 0.767 bits per heavy atom. The Morgan fingerprint density at radius 3 is 1.07 bits per heavy atom. The molecule has 30 heavy (non-hydrogen) atoms. The van der Waals surface area contributed by atoms with Crippen LogP contribution in [0, 0.1) is 0 Å². The predicted octanol–water partition coefficient (Wildman–Crippen LogP) is 7.37. The Morgan fingerprint density at radius 1 is 0.467 bits per heavy atom. The molecule has 0 amide bonds. The zero-order valence-corrected chi connectivity index (χ0v) is 14.2. The van der Waals surface area contributed by atoms with Crippen LogP contribution in [0.5, 0.6) is 0 Å². The molecule has 2 aromatic carbocycles. The van der Waals surface area contributed by atoms with Crippen LogP contribution in [0.1, 0.15) is 27.8 Å². The van der Waals surface area contributed by atoms with Crippen molar-refractivity contribution in [1.29, 1.82) is 0 Å². The van der Waals surface area contributed by atoms with E-state index in [1.54, 1.807) is 0 Å². The Labute approximate surface area is 160 Å². The summed E-state index contributed by atoms with van der Waals surface area (Å²) in [7, 11) is 0. The van der Waals surface area contributed by atoms with Gasteiger partial charge in [0.25, 0.3) is 0 Å². The lowest BCUT2D eigenvalue weighted by molar-refractivity contribution is -0.144. The molecule has 0 spiro atoms. The van der Waals surface area contributed by atoms with E-state index in [0.29, 0.717) is 12.1 Å². The zero-order valence-electron chi connectivity index (χ0n) is 14.2. The number of alkyl halides is 12. The van der Waals surface area contributed by atoms with E-state index in [-0.39, 0.29) is 24.3 Å². The van der Waals surface area contributed by atoms with Crippen LogP contribution < -0.4 is 5.32 Å². The molecular weight excluding hydrogens is 446 g/mol. The maximum atomic E-state index is 12.8. The van der Waals surface area contributed by atoms with Crippen molar-refractivity contribution in [2.45, 2.75) is 31.2 Å². The van der Waals surface area contributed by atoms with Crippen LogP contribution in [-0.2, 0) is 31.2 Å². The van der Waals surface area contributed by atoms with E-state index in [1.807, 2.05) is 5.32 Å². The second kappa shape index (κ2) is 7.58. The van der Waals surface area contributed by atoms with Gasteiger partial charge in [-0.05, 0) is 42.0 Å². The molecule has 0 radical (unpaired) electrons. The summed E-state index contributed by atoms with van der Waals surface area (Å²) in [5, 5.41) is 2.01. The minimum atomic E-state index is -5.17. The van der Waals surface area contributed by atoms with E-state index in [0.717, 1.165) is 0 Å². The van der Waals surface area contributed by atoms with Crippen LogP contribution in [0.15, 0.2) is 36.4 Å². The summed E-state index contributed by atoms with van der Waals surface area (Å²) in [5.41, 5.74) is -8.17. The van der Waals surface area contributed by atoms with E-state index >= 15 is 0 Å². The van der Waals surface area contributed by atoms with Crippen molar-refractivity contribution in [2.75, 3.05) is 5.32 Å². The molecule has 1 nitrogen and oxygen atoms in total. The molecule has 13 heteroatoms. The second-order valence-corrected chi connectivity index (χ2v) is 6.06. The van der Waals surface area contributed by atoms with E-state index in [4.69, 9.17) is 0 Å². The predicted molar refractivity (Wildman–Crippen MR) is 80.2 cm³/mol. The number of anilines is 1. The standard InChI is InChI=1S/C17H9F12N/c18-14(19,20)9-1-8(2-10(3-9)15(21,22)23)7-30-13-5-11(16(24,25)26)4-12(6-13)17(27,28)29/h1-6,30H,7H2. The number of hydrogen-bond acceptors (Lipinski definition) is 1. The van der Waals surface area contributed by atoms with E-state index < -0.39 is 64.8 Å². The van der Waals surface area contributed by atoms with Crippen molar-refractivity contribution in [3.05, 3.63) is 64.2 Å². The highest BCUT2D eigenvalue weighted by Crippen LogP contribution is 2.39.